The van der Waals surface area contributed by atoms with Gasteiger partial charge in [0.25, 0.3) is 0 Å². The number of methoxy groups -OCH3 is 4. The number of alkyl halides is 1. The van der Waals surface area contributed by atoms with Gasteiger partial charge in [0.1, 0.15) is 29.2 Å². The molecule has 0 spiro atoms. The van der Waals surface area contributed by atoms with Gasteiger partial charge in [0.05, 0.1) is 72.2 Å². The van der Waals surface area contributed by atoms with E-state index in [1.165, 1.54) is 57.7 Å². The second-order valence-corrected chi connectivity index (χ2v) is 16.2. The molecule has 0 saturated heterocycles. The van der Waals surface area contributed by atoms with Crippen LogP contribution in [-0.4, -0.2) is 165 Å². The second kappa shape index (κ2) is 29.1. The molecule has 4 aliphatic heterocycles. The molecule has 13 nitrogen and oxygen atoms in total. The first kappa shape index (κ1) is 62.4. The summed E-state index contributed by atoms with van der Waals surface area (Å²) >= 11 is 2.15. The maximum atomic E-state index is 13.6. The van der Waals surface area contributed by atoms with E-state index in [-0.39, 0.29) is 99.4 Å². The summed E-state index contributed by atoms with van der Waals surface area (Å²) in [5, 5.41) is 7.00. The predicted molar refractivity (Wildman–Crippen MR) is 280 cm³/mol. The number of fused-ring (bicyclic) bond motifs is 4. The highest BCUT2D eigenvalue weighted by atomic mass is 127. The molecule has 4 aliphatic rings. The number of rotatable bonds is 12. The Balaban J connectivity index is 0.000000389. The molecule has 9 radical (unpaired) electrons. The van der Waals surface area contributed by atoms with Crippen molar-refractivity contribution in [3.63, 3.8) is 0 Å². The van der Waals surface area contributed by atoms with Crippen LogP contribution in [0.3, 0.4) is 0 Å². The molecule has 0 aliphatic carbocycles. The van der Waals surface area contributed by atoms with Crippen LogP contribution in [-0.2, 0) is 12.8 Å². The van der Waals surface area contributed by atoms with Gasteiger partial charge in [-0.25, -0.2) is 8.78 Å². The van der Waals surface area contributed by atoms with Crippen LogP contribution >= 0.6 is 22.6 Å². The van der Waals surface area contributed by atoms with Crippen LogP contribution in [0, 0.1) is 11.6 Å². The number of carbonyl (C=O) groups excluding carboxylic acids is 2. The van der Waals surface area contributed by atoms with Gasteiger partial charge in [-0.1, -0.05) is 30.0 Å². The molecule has 0 fully saturated rings. The standard InChI is InChI=1S/C22H25FNO5.C21H22FNO5.CH3I.CH4O.CH4.B7.HI/c1-24(2)8-7-13-9-19-21(29-12-28-19)22(27-4)20(13)16(24)11-17(25)15-6-5-14(23)10-18(15)26-3;1-23-7-6-12-8-18-20(28-11-27-18)21(26-3)19(12)15(23)10-16(24)14-5-4-13(22)9-17(14)25-2;2*1-2;;1-5-7(4)6(2)3;/h5-6,9-10,16H,7-8,11-12H2,1-4H3;4-5,8-9,15H,6-7,10-11H2,1-3H3;1H3;2H,1H3;1H4;;1H/q+1;;;;;;/p-1. The van der Waals surface area contributed by atoms with Crippen LogP contribution < -0.4 is 61.9 Å². The lowest BCUT2D eigenvalue weighted by atomic mass is 8.76. The minimum Gasteiger partial charge on any atom is -1.00 e. The minimum absolute atomic E-state index is 0. The topological polar surface area (TPSA) is 131 Å². The Labute approximate surface area is 449 Å². The van der Waals surface area contributed by atoms with Crippen molar-refractivity contribution >= 4 is 84.9 Å². The second-order valence-electron chi connectivity index (χ2n) is 16.2. The molecule has 2 unspecified atom stereocenters. The first-order valence-electron chi connectivity index (χ1n) is 21.5. The number of ketones is 2. The van der Waals surface area contributed by atoms with Crippen LogP contribution in [0.15, 0.2) is 48.5 Å². The molecule has 2 atom stereocenters. The average Bonchev–Trinajstić information content (AvgIpc) is 4.03. The summed E-state index contributed by atoms with van der Waals surface area (Å²) in [6.07, 6.45) is 1.19. The zero-order valence-electron chi connectivity index (χ0n) is 40.4. The van der Waals surface area contributed by atoms with Gasteiger partial charge in [-0.3, -0.25) is 14.5 Å². The first-order valence-corrected chi connectivity index (χ1v) is 23.6. The summed E-state index contributed by atoms with van der Waals surface area (Å²) in [7, 11) is 34.8. The number of hydrogen-bond donors (Lipinski definition) is 1. The van der Waals surface area contributed by atoms with E-state index in [0.717, 1.165) is 55.3 Å². The predicted octanol–water partition coefficient (Wildman–Crippen LogP) is 2.53. The third kappa shape index (κ3) is 14.5. The largest absolute Gasteiger partial charge is 1.00 e. The Morgan fingerprint density at radius 2 is 1.23 bits per heavy atom. The molecule has 8 rings (SSSR count). The molecule has 4 aromatic carbocycles. The van der Waals surface area contributed by atoms with Crippen molar-refractivity contribution in [3.05, 3.63) is 93.5 Å². The summed E-state index contributed by atoms with van der Waals surface area (Å²) in [6, 6.07) is 11.6. The number of Topliss-reactive ketones (excluding diaryl/α,β-unsaturated/α-hetero) is 2. The number of likely N-dealkylation sites (N-methyl/N-ethyl adjacent to an activating group) is 2. The molecular formula is C46H58B7F2I2N2O11. The molecule has 367 valence electrons. The first-order chi connectivity index (χ1) is 32.6. The van der Waals surface area contributed by atoms with Crippen LogP contribution in [0.4, 0.5) is 8.78 Å². The van der Waals surface area contributed by atoms with Crippen LogP contribution in [0.25, 0.3) is 0 Å². The number of ether oxygens (including phenoxy) is 8. The molecule has 0 aromatic heterocycles. The molecule has 0 bridgehead atoms. The van der Waals surface area contributed by atoms with E-state index in [1.807, 2.05) is 24.1 Å². The lowest BCUT2D eigenvalue weighted by molar-refractivity contribution is -0.922. The Kier molecular flexibility index (Phi) is 25.9. The number of quaternary nitrogens is 1. The maximum absolute atomic E-state index is 13.6. The molecular weight excluding hydrogens is 1120 g/mol. The number of halogens is 4. The quantitative estimate of drug-likeness (QED) is 0.0737. The third-order valence-corrected chi connectivity index (χ3v) is 12.0. The van der Waals surface area contributed by atoms with Crippen molar-refractivity contribution in [1.82, 2.24) is 4.90 Å². The van der Waals surface area contributed by atoms with Crippen LogP contribution in [0.1, 0.15) is 75.3 Å². The maximum Gasteiger partial charge on any atom is 0.231 e. The number of benzene rings is 4. The van der Waals surface area contributed by atoms with E-state index < -0.39 is 18.0 Å². The number of carbonyl (C=O) groups is 2. The minimum atomic E-state index is -0.537. The van der Waals surface area contributed by atoms with Crippen molar-refractivity contribution in [2.75, 3.05) is 88.3 Å². The number of aliphatic hydroxyl groups excluding tert-OH is 1. The van der Waals surface area contributed by atoms with Gasteiger partial charge in [0, 0.05) is 101 Å². The summed E-state index contributed by atoms with van der Waals surface area (Å²) in [5.41, 5.74) is 4.85. The van der Waals surface area contributed by atoms with Crippen molar-refractivity contribution in [2.24, 2.45) is 0 Å². The Morgan fingerprint density at radius 1 is 0.771 bits per heavy atom. The van der Waals surface area contributed by atoms with Crippen molar-refractivity contribution in [1.29, 1.82) is 0 Å². The fraction of sp³-hybridized carbons (Fsp3) is 0.435. The number of aliphatic hydroxyl groups is 1. The highest BCUT2D eigenvalue weighted by Crippen LogP contribution is 2.52. The summed E-state index contributed by atoms with van der Waals surface area (Å²) in [4.78, 5) is 30.4. The lowest BCUT2D eigenvalue weighted by Gasteiger charge is -2.43. The Bertz CT molecular complexity index is 2380. The van der Waals surface area contributed by atoms with Gasteiger partial charge >= 0.3 is 0 Å². The van der Waals surface area contributed by atoms with Gasteiger partial charge in [0.15, 0.2) is 34.6 Å². The number of nitrogens with zero attached hydrogens (tertiary/aromatic N) is 2. The Morgan fingerprint density at radius 3 is 1.66 bits per heavy atom. The van der Waals surface area contributed by atoms with E-state index in [2.05, 4.69) is 41.6 Å². The van der Waals surface area contributed by atoms with Crippen LogP contribution in [0.2, 0.25) is 0 Å². The zero-order valence-corrected chi connectivity index (χ0v) is 44.7. The van der Waals surface area contributed by atoms with Gasteiger partial charge in [-0.2, -0.15) is 0 Å². The molecule has 1 N–H and O–H groups in total. The molecule has 4 heterocycles. The Hall–Kier alpha value is -3.73. The van der Waals surface area contributed by atoms with E-state index in [1.54, 1.807) is 14.2 Å². The highest BCUT2D eigenvalue weighted by Gasteiger charge is 2.43. The summed E-state index contributed by atoms with van der Waals surface area (Å²) in [6.45, 7) is 1.98. The smallest absolute Gasteiger partial charge is 0.231 e. The van der Waals surface area contributed by atoms with Crippen molar-refractivity contribution in [3.8, 4) is 46.0 Å². The van der Waals surface area contributed by atoms with Gasteiger partial charge in [-0.05, 0) is 65.9 Å². The van der Waals surface area contributed by atoms with E-state index in [4.69, 9.17) is 73.9 Å². The highest BCUT2D eigenvalue weighted by molar-refractivity contribution is 14.1. The average molecular weight is 1180 g/mol. The number of hydrogen-bond acceptors (Lipinski definition) is 12. The van der Waals surface area contributed by atoms with E-state index in [0.29, 0.717) is 50.1 Å². The fourth-order valence-electron chi connectivity index (χ4n) is 8.39. The zero-order chi connectivity index (χ0) is 50.5. The monoisotopic (exact) mass is 1180 g/mol. The normalized spacial score (nSPS) is 15.9. The summed E-state index contributed by atoms with van der Waals surface area (Å²) < 4.78 is 71.8. The molecule has 4 aromatic rings. The fourth-order valence-corrected chi connectivity index (χ4v) is 8.39. The van der Waals surface area contributed by atoms with E-state index >= 15 is 0 Å². The third-order valence-electron chi connectivity index (χ3n) is 12.0. The van der Waals surface area contributed by atoms with Gasteiger partial charge in [-0.15, -0.1) is 0 Å². The van der Waals surface area contributed by atoms with E-state index in [9.17, 15) is 18.4 Å². The van der Waals surface area contributed by atoms with Crippen LogP contribution in [0.5, 0.6) is 46.0 Å². The molecule has 70 heavy (non-hydrogen) atoms. The molecule has 0 amide bonds. The van der Waals surface area contributed by atoms with Gasteiger partial charge in [0.2, 0.25) is 25.1 Å². The molecule has 24 heteroatoms. The molecule has 0 saturated carbocycles. The lowest BCUT2D eigenvalue weighted by Crippen LogP contribution is -3.00. The van der Waals surface area contributed by atoms with Crippen molar-refractivity contribution < 1.29 is 89.8 Å². The summed E-state index contributed by atoms with van der Waals surface area (Å²) in [5.74, 6) is 3.13. The van der Waals surface area contributed by atoms with Crippen molar-refractivity contribution in [2.45, 2.75) is 45.2 Å². The van der Waals surface area contributed by atoms with Gasteiger partial charge < -0.3 is 71.5 Å². The SMILES string of the molecule is C.CI.CO.COc1cc(F)ccc1C(=O)CC1c2c(cc3c(c2OC)OCO3)CCN1C.COc1cc(F)ccc1C(=O)CC1c2c(cc3c(c2OC)OCO3)CC[N+]1(C)C.[B][B]B([B])B([B])[B].[I-].